The number of hydrogen-bond acceptors (Lipinski definition) is 2. The van der Waals surface area contributed by atoms with Gasteiger partial charge in [-0.3, -0.25) is 0 Å². The fraction of sp³-hybridized carbons (Fsp3) is 0.600. The van der Waals surface area contributed by atoms with Gasteiger partial charge in [-0.25, -0.2) is 0 Å². The van der Waals surface area contributed by atoms with Gasteiger partial charge in [0.25, 0.3) is 0 Å². The standard InChI is InChI=1S/C15H26N2/c1-6-14(16-7-2)11-17(5)15-9-12(3)8-13(4)10-15/h8-10,14,16H,6-7,11H2,1-5H3. The molecule has 1 aromatic rings. The summed E-state index contributed by atoms with van der Waals surface area (Å²) in [5.74, 6) is 0. The van der Waals surface area contributed by atoms with E-state index in [2.05, 4.69) is 63.2 Å². The molecule has 0 aliphatic rings. The Hall–Kier alpha value is -1.02. The Labute approximate surface area is 106 Å². The Morgan fingerprint density at radius 2 is 1.71 bits per heavy atom. The van der Waals surface area contributed by atoms with Crippen molar-refractivity contribution in [3.63, 3.8) is 0 Å². The van der Waals surface area contributed by atoms with Crippen LogP contribution in [0.3, 0.4) is 0 Å². The van der Waals surface area contributed by atoms with E-state index in [0.29, 0.717) is 6.04 Å². The Balaban J connectivity index is 2.71. The summed E-state index contributed by atoms with van der Waals surface area (Å²) in [5, 5.41) is 3.52. The predicted molar refractivity (Wildman–Crippen MR) is 76.9 cm³/mol. The van der Waals surface area contributed by atoms with Crippen molar-refractivity contribution in [1.82, 2.24) is 5.32 Å². The normalized spacial score (nSPS) is 12.5. The largest absolute Gasteiger partial charge is 0.373 e. The van der Waals surface area contributed by atoms with Gasteiger partial charge >= 0.3 is 0 Å². The van der Waals surface area contributed by atoms with Crippen LogP contribution in [0, 0.1) is 13.8 Å². The highest BCUT2D eigenvalue weighted by molar-refractivity contribution is 5.50. The monoisotopic (exact) mass is 234 g/mol. The maximum atomic E-state index is 3.52. The third kappa shape index (κ3) is 4.39. The highest BCUT2D eigenvalue weighted by Gasteiger charge is 2.09. The summed E-state index contributed by atoms with van der Waals surface area (Å²) in [6.07, 6.45) is 1.17. The van der Waals surface area contributed by atoms with E-state index >= 15 is 0 Å². The lowest BCUT2D eigenvalue weighted by Gasteiger charge is -2.26. The highest BCUT2D eigenvalue weighted by atomic mass is 15.1. The number of likely N-dealkylation sites (N-methyl/N-ethyl adjacent to an activating group) is 2. The molecule has 17 heavy (non-hydrogen) atoms. The van der Waals surface area contributed by atoms with Crippen LogP contribution in [0.25, 0.3) is 0 Å². The third-order valence-electron chi connectivity index (χ3n) is 3.13. The molecule has 0 amide bonds. The summed E-state index contributed by atoms with van der Waals surface area (Å²) in [6, 6.07) is 7.31. The minimum atomic E-state index is 0.575. The first-order valence-corrected chi connectivity index (χ1v) is 6.59. The van der Waals surface area contributed by atoms with E-state index in [0.717, 1.165) is 13.1 Å². The van der Waals surface area contributed by atoms with Crippen molar-refractivity contribution < 1.29 is 0 Å². The number of aryl methyl sites for hydroxylation is 2. The predicted octanol–water partition coefficient (Wildman–Crippen LogP) is 3.13. The molecule has 96 valence electrons. The van der Waals surface area contributed by atoms with Gasteiger partial charge in [-0.1, -0.05) is 19.9 Å². The minimum Gasteiger partial charge on any atom is -0.373 e. The summed E-state index contributed by atoms with van der Waals surface area (Å²) in [6.45, 7) is 10.8. The fourth-order valence-corrected chi connectivity index (χ4v) is 2.23. The molecule has 0 spiro atoms. The molecule has 0 heterocycles. The van der Waals surface area contributed by atoms with E-state index in [4.69, 9.17) is 0 Å². The average molecular weight is 234 g/mol. The van der Waals surface area contributed by atoms with Crippen molar-refractivity contribution in [3.05, 3.63) is 29.3 Å². The van der Waals surface area contributed by atoms with Gasteiger partial charge in [-0.2, -0.15) is 0 Å². The summed E-state index contributed by atoms with van der Waals surface area (Å²) in [5.41, 5.74) is 3.99. The van der Waals surface area contributed by atoms with Crippen molar-refractivity contribution in [2.75, 3.05) is 25.0 Å². The fourth-order valence-electron chi connectivity index (χ4n) is 2.23. The molecule has 1 aromatic carbocycles. The average Bonchev–Trinajstić information content (AvgIpc) is 2.27. The highest BCUT2D eigenvalue weighted by Crippen LogP contribution is 2.17. The minimum absolute atomic E-state index is 0.575. The van der Waals surface area contributed by atoms with Crippen molar-refractivity contribution in [1.29, 1.82) is 0 Å². The van der Waals surface area contributed by atoms with Gasteiger partial charge in [-0.15, -0.1) is 0 Å². The van der Waals surface area contributed by atoms with Gasteiger partial charge in [0.05, 0.1) is 0 Å². The third-order valence-corrected chi connectivity index (χ3v) is 3.13. The van der Waals surface area contributed by atoms with Crippen LogP contribution in [-0.2, 0) is 0 Å². The van der Waals surface area contributed by atoms with E-state index in [1.165, 1.54) is 23.2 Å². The van der Waals surface area contributed by atoms with Crippen LogP contribution in [0.1, 0.15) is 31.4 Å². The first kappa shape index (κ1) is 14.0. The van der Waals surface area contributed by atoms with E-state index in [-0.39, 0.29) is 0 Å². The number of hydrogen-bond donors (Lipinski definition) is 1. The van der Waals surface area contributed by atoms with E-state index < -0.39 is 0 Å². The van der Waals surface area contributed by atoms with Gasteiger partial charge in [0.1, 0.15) is 0 Å². The second kappa shape index (κ2) is 6.65. The molecule has 1 N–H and O–H groups in total. The molecular formula is C15H26N2. The van der Waals surface area contributed by atoms with Crippen LogP contribution >= 0.6 is 0 Å². The first-order chi connectivity index (χ1) is 8.06. The lowest BCUT2D eigenvalue weighted by Crippen LogP contribution is -2.39. The van der Waals surface area contributed by atoms with Crippen LogP contribution in [-0.4, -0.2) is 26.2 Å². The molecule has 0 aliphatic carbocycles. The maximum absolute atomic E-state index is 3.52. The van der Waals surface area contributed by atoms with Crippen molar-refractivity contribution in [2.45, 2.75) is 40.2 Å². The van der Waals surface area contributed by atoms with Crippen LogP contribution in [0.4, 0.5) is 5.69 Å². The first-order valence-electron chi connectivity index (χ1n) is 6.59. The van der Waals surface area contributed by atoms with Crippen LogP contribution in [0.15, 0.2) is 18.2 Å². The zero-order chi connectivity index (χ0) is 12.8. The SMILES string of the molecule is CCNC(CC)CN(C)c1cc(C)cc(C)c1. The summed E-state index contributed by atoms with van der Waals surface area (Å²) >= 11 is 0. The molecule has 1 atom stereocenters. The quantitative estimate of drug-likeness (QED) is 0.813. The van der Waals surface area contributed by atoms with Gasteiger partial charge in [-0.05, 0) is 50.1 Å². The molecule has 0 fully saturated rings. The number of nitrogens with zero attached hydrogens (tertiary/aromatic N) is 1. The zero-order valence-electron chi connectivity index (χ0n) is 11.9. The number of nitrogens with one attached hydrogen (secondary N) is 1. The van der Waals surface area contributed by atoms with Crippen molar-refractivity contribution >= 4 is 5.69 Å². The molecule has 2 heteroatoms. The molecule has 1 unspecified atom stereocenters. The van der Waals surface area contributed by atoms with Gasteiger partial charge in [0.2, 0.25) is 0 Å². The van der Waals surface area contributed by atoms with E-state index in [9.17, 15) is 0 Å². The molecule has 2 nitrogen and oxygen atoms in total. The Morgan fingerprint density at radius 1 is 1.12 bits per heavy atom. The lowest BCUT2D eigenvalue weighted by molar-refractivity contribution is 0.512. The molecule has 0 bridgehead atoms. The summed E-state index contributed by atoms with van der Waals surface area (Å²) in [4.78, 5) is 2.34. The molecular weight excluding hydrogens is 208 g/mol. The van der Waals surface area contributed by atoms with Crippen LogP contribution < -0.4 is 10.2 Å². The number of anilines is 1. The van der Waals surface area contributed by atoms with E-state index in [1.54, 1.807) is 0 Å². The molecule has 0 radical (unpaired) electrons. The van der Waals surface area contributed by atoms with Gasteiger partial charge < -0.3 is 10.2 Å². The van der Waals surface area contributed by atoms with Crippen molar-refractivity contribution in [3.8, 4) is 0 Å². The topological polar surface area (TPSA) is 15.3 Å². The smallest absolute Gasteiger partial charge is 0.0369 e. The summed E-state index contributed by atoms with van der Waals surface area (Å²) < 4.78 is 0. The molecule has 0 aliphatic heterocycles. The molecule has 1 rings (SSSR count). The number of benzene rings is 1. The van der Waals surface area contributed by atoms with E-state index in [1.807, 2.05) is 0 Å². The summed E-state index contributed by atoms with van der Waals surface area (Å²) in [7, 11) is 2.17. The molecule has 0 aromatic heterocycles. The Bertz CT molecular complexity index is 327. The Morgan fingerprint density at radius 3 is 2.18 bits per heavy atom. The van der Waals surface area contributed by atoms with Gasteiger partial charge in [0.15, 0.2) is 0 Å². The molecule has 0 saturated heterocycles. The Kier molecular flexibility index (Phi) is 5.49. The molecule has 0 saturated carbocycles. The van der Waals surface area contributed by atoms with Crippen molar-refractivity contribution in [2.24, 2.45) is 0 Å². The zero-order valence-corrected chi connectivity index (χ0v) is 11.9. The van der Waals surface area contributed by atoms with Gasteiger partial charge in [0, 0.05) is 25.3 Å². The second-order valence-corrected chi connectivity index (χ2v) is 4.89. The van der Waals surface area contributed by atoms with Crippen LogP contribution in [0.2, 0.25) is 0 Å². The van der Waals surface area contributed by atoms with Crippen LogP contribution in [0.5, 0.6) is 0 Å². The lowest BCUT2D eigenvalue weighted by atomic mass is 10.1. The number of rotatable bonds is 6. The maximum Gasteiger partial charge on any atom is 0.0369 e. The second-order valence-electron chi connectivity index (χ2n) is 4.89.